The topological polar surface area (TPSA) is 89.7 Å². The Morgan fingerprint density at radius 2 is 2.22 bits per heavy atom. The Morgan fingerprint density at radius 3 is 2.67 bits per heavy atom. The maximum Gasteiger partial charge on any atom is 0.345 e. The van der Waals surface area contributed by atoms with E-state index in [0.29, 0.717) is 0 Å². The van der Waals surface area contributed by atoms with E-state index >= 15 is 0 Å². The molecule has 7 heteroatoms. The van der Waals surface area contributed by atoms with Crippen LogP contribution in [0.2, 0.25) is 5.02 Å². The van der Waals surface area contributed by atoms with Gasteiger partial charge in [-0.3, -0.25) is 10.1 Å². The fourth-order valence-electron chi connectivity index (χ4n) is 1.60. The average Bonchev–Trinajstić information content (AvgIpc) is 3.08. The highest BCUT2D eigenvalue weighted by molar-refractivity contribution is 6.32. The number of halogens is 1. The SMILES string of the molecule is O=C(O)C(Oc1ccc([N+](=O)[O-])c(Cl)c1)C1CC1. The zero-order valence-corrected chi connectivity index (χ0v) is 9.96. The molecular formula is C11H10ClNO5. The smallest absolute Gasteiger partial charge is 0.345 e. The number of aliphatic carboxylic acids is 1. The summed E-state index contributed by atoms with van der Waals surface area (Å²) >= 11 is 5.71. The molecule has 0 aromatic heterocycles. The van der Waals surface area contributed by atoms with Crippen molar-refractivity contribution in [3.05, 3.63) is 33.3 Å². The molecular weight excluding hydrogens is 262 g/mol. The quantitative estimate of drug-likeness (QED) is 0.656. The normalized spacial score (nSPS) is 16.1. The predicted octanol–water partition coefficient (Wildman–Crippen LogP) is 2.49. The first-order chi connectivity index (χ1) is 8.49. The van der Waals surface area contributed by atoms with Gasteiger partial charge in [0.2, 0.25) is 0 Å². The number of nitrogens with zero attached hydrogens (tertiary/aromatic N) is 1. The van der Waals surface area contributed by atoms with Gasteiger partial charge >= 0.3 is 5.97 Å². The molecule has 1 aromatic rings. The number of ether oxygens (including phenoxy) is 1. The fourth-order valence-corrected chi connectivity index (χ4v) is 1.84. The largest absolute Gasteiger partial charge is 0.478 e. The molecule has 6 nitrogen and oxygen atoms in total. The highest BCUT2D eigenvalue weighted by Gasteiger charge is 2.38. The van der Waals surface area contributed by atoms with Gasteiger partial charge < -0.3 is 9.84 Å². The van der Waals surface area contributed by atoms with Gasteiger partial charge in [0.25, 0.3) is 5.69 Å². The molecule has 18 heavy (non-hydrogen) atoms. The molecule has 1 aromatic carbocycles. The molecule has 0 aliphatic heterocycles. The monoisotopic (exact) mass is 271 g/mol. The lowest BCUT2D eigenvalue weighted by atomic mass is 10.2. The van der Waals surface area contributed by atoms with Gasteiger partial charge in [0.05, 0.1) is 4.92 Å². The maximum atomic E-state index is 11.0. The standard InChI is InChI=1S/C11H10ClNO5/c12-8-5-7(3-4-9(8)13(16)17)18-10(11(14)15)6-1-2-6/h3-6,10H,1-2H2,(H,14,15). The van der Waals surface area contributed by atoms with Crippen LogP contribution in [0.25, 0.3) is 0 Å². The summed E-state index contributed by atoms with van der Waals surface area (Å²) in [6, 6.07) is 3.81. The Morgan fingerprint density at radius 1 is 1.56 bits per heavy atom. The van der Waals surface area contributed by atoms with Crippen molar-refractivity contribution >= 4 is 23.3 Å². The molecule has 1 aliphatic rings. The van der Waals surface area contributed by atoms with Crippen LogP contribution in [0.3, 0.4) is 0 Å². The molecule has 96 valence electrons. The minimum atomic E-state index is -1.04. The van der Waals surface area contributed by atoms with Gasteiger partial charge in [0.15, 0.2) is 6.10 Å². The van der Waals surface area contributed by atoms with Crippen molar-refractivity contribution in [2.75, 3.05) is 0 Å². The van der Waals surface area contributed by atoms with Gasteiger partial charge in [-0.15, -0.1) is 0 Å². The van der Waals surface area contributed by atoms with E-state index < -0.39 is 17.0 Å². The Labute approximate surface area is 107 Å². The van der Waals surface area contributed by atoms with Crippen LogP contribution in [0.15, 0.2) is 18.2 Å². The molecule has 0 spiro atoms. The first-order valence-corrected chi connectivity index (χ1v) is 5.70. The first kappa shape index (κ1) is 12.6. The number of carbonyl (C=O) groups is 1. The summed E-state index contributed by atoms with van der Waals surface area (Å²) in [5, 5.41) is 19.5. The predicted molar refractivity (Wildman–Crippen MR) is 62.9 cm³/mol. The highest BCUT2D eigenvalue weighted by Crippen LogP contribution is 2.36. The van der Waals surface area contributed by atoms with Crippen LogP contribution in [0.1, 0.15) is 12.8 Å². The van der Waals surface area contributed by atoms with E-state index in [-0.39, 0.29) is 22.4 Å². The molecule has 0 amide bonds. The third-order valence-electron chi connectivity index (χ3n) is 2.67. The third kappa shape index (κ3) is 2.70. The Bertz CT molecular complexity index is 500. The van der Waals surface area contributed by atoms with Crippen molar-refractivity contribution in [1.29, 1.82) is 0 Å². The van der Waals surface area contributed by atoms with Crippen LogP contribution in [0.4, 0.5) is 5.69 Å². The van der Waals surface area contributed by atoms with E-state index in [1.807, 2.05) is 0 Å². The van der Waals surface area contributed by atoms with Gasteiger partial charge in [-0.2, -0.15) is 0 Å². The van der Waals surface area contributed by atoms with Gasteiger partial charge in [0, 0.05) is 18.1 Å². The molecule has 1 fully saturated rings. The van der Waals surface area contributed by atoms with E-state index in [9.17, 15) is 14.9 Å². The Kier molecular flexibility index (Phi) is 3.38. The molecule has 0 radical (unpaired) electrons. The van der Waals surface area contributed by atoms with Gasteiger partial charge in [0.1, 0.15) is 10.8 Å². The van der Waals surface area contributed by atoms with Crippen LogP contribution in [-0.2, 0) is 4.79 Å². The Balaban J connectivity index is 2.16. The minimum Gasteiger partial charge on any atom is -0.478 e. The molecule has 0 bridgehead atoms. The molecule has 1 N–H and O–H groups in total. The summed E-state index contributed by atoms with van der Waals surface area (Å²) in [5.74, 6) is -0.798. The van der Waals surface area contributed by atoms with Gasteiger partial charge in [-0.1, -0.05) is 11.6 Å². The molecule has 1 saturated carbocycles. The van der Waals surface area contributed by atoms with Crippen LogP contribution in [0.5, 0.6) is 5.75 Å². The molecule has 1 atom stereocenters. The number of benzene rings is 1. The van der Waals surface area contributed by atoms with Gasteiger partial charge in [-0.05, 0) is 18.9 Å². The van der Waals surface area contributed by atoms with Crippen LogP contribution < -0.4 is 4.74 Å². The number of carboxylic acid groups (broad SMARTS) is 1. The lowest BCUT2D eigenvalue weighted by Crippen LogP contribution is -2.29. The third-order valence-corrected chi connectivity index (χ3v) is 2.98. The molecule has 0 heterocycles. The van der Waals surface area contributed by atoms with E-state index in [2.05, 4.69) is 0 Å². The van der Waals surface area contributed by atoms with Crippen molar-refractivity contribution < 1.29 is 19.6 Å². The summed E-state index contributed by atoms with van der Waals surface area (Å²) < 4.78 is 5.31. The summed E-state index contributed by atoms with van der Waals surface area (Å²) in [5.41, 5.74) is -0.234. The maximum absolute atomic E-state index is 11.0. The molecule has 1 unspecified atom stereocenters. The number of carboxylic acids is 1. The lowest BCUT2D eigenvalue weighted by Gasteiger charge is -2.14. The number of hydrogen-bond donors (Lipinski definition) is 1. The van der Waals surface area contributed by atoms with E-state index in [1.165, 1.54) is 18.2 Å². The summed E-state index contributed by atoms with van der Waals surface area (Å²) in [6.45, 7) is 0. The summed E-state index contributed by atoms with van der Waals surface area (Å²) in [6.07, 6.45) is 0.720. The first-order valence-electron chi connectivity index (χ1n) is 5.32. The molecule has 2 rings (SSSR count). The number of rotatable bonds is 5. The van der Waals surface area contributed by atoms with Gasteiger partial charge in [-0.25, -0.2) is 4.79 Å². The van der Waals surface area contributed by atoms with Crippen molar-refractivity contribution in [3.8, 4) is 5.75 Å². The summed E-state index contributed by atoms with van der Waals surface area (Å²) in [7, 11) is 0. The van der Waals surface area contributed by atoms with Crippen molar-refractivity contribution in [2.24, 2.45) is 5.92 Å². The number of nitro groups is 1. The van der Waals surface area contributed by atoms with Crippen LogP contribution >= 0.6 is 11.6 Å². The second-order valence-electron chi connectivity index (χ2n) is 4.08. The number of hydrogen-bond acceptors (Lipinski definition) is 4. The van der Waals surface area contributed by atoms with Crippen molar-refractivity contribution in [1.82, 2.24) is 0 Å². The van der Waals surface area contributed by atoms with Crippen molar-refractivity contribution in [2.45, 2.75) is 18.9 Å². The summed E-state index contributed by atoms with van der Waals surface area (Å²) in [4.78, 5) is 20.9. The lowest BCUT2D eigenvalue weighted by molar-refractivity contribution is -0.384. The Hall–Kier alpha value is -1.82. The number of nitro benzene ring substituents is 1. The van der Waals surface area contributed by atoms with Crippen LogP contribution in [0, 0.1) is 16.0 Å². The van der Waals surface area contributed by atoms with Crippen LogP contribution in [-0.4, -0.2) is 22.1 Å². The van der Waals surface area contributed by atoms with E-state index in [0.717, 1.165) is 12.8 Å². The van der Waals surface area contributed by atoms with E-state index in [4.69, 9.17) is 21.4 Å². The fraction of sp³-hybridized carbons (Fsp3) is 0.364. The second kappa shape index (κ2) is 4.81. The van der Waals surface area contributed by atoms with E-state index in [1.54, 1.807) is 0 Å². The molecule has 1 aliphatic carbocycles. The minimum absolute atomic E-state index is 0.0106. The molecule has 0 saturated heterocycles. The average molecular weight is 272 g/mol. The zero-order chi connectivity index (χ0) is 13.3. The second-order valence-corrected chi connectivity index (χ2v) is 4.49. The van der Waals surface area contributed by atoms with Crippen molar-refractivity contribution in [3.63, 3.8) is 0 Å². The zero-order valence-electron chi connectivity index (χ0n) is 9.21. The highest BCUT2D eigenvalue weighted by atomic mass is 35.5.